The Bertz CT molecular complexity index is 355. The number of carbonyl (C=O) groups is 1. The van der Waals surface area contributed by atoms with Crippen molar-refractivity contribution in [1.29, 1.82) is 0 Å². The van der Waals surface area contributed by atoms with Crippen molar-refractivity contribution in [3.63, 3.8) is 0 Å². The van der Waals surface area contributed by atoms with E-state index in [0.717, 1.165) is 16.5 Å². The van der Waals surface area contributed by atoms with E-state index in [2.05, 4.69) is 22.9 Å². The zero-order valence-corrected chi connectivity index (χ0v) is 8.44. The molecule has 0 saturated carbocycles. The SMILES string of the molecule is Cc1c(Br)ccc2c1CCC2=O. The van der Waals surface area contributed by atoms with Crippen LogP contribution < -0.4 is 0 Å². The van der Waals surface area contributed by atoms with Crippen LogP contribution in [0.3, 0.4) is 0 Å². The van der Waals surface area contributed by atoms with E-state index in [4.69, 9.17) is 0 Å². The topological polar surface area (TPSA) is 17.1 Å². The Kier molecular flexibility index (Phi) is 1.80. The molecule has 0 amide bonds. The summed E-state index contributed by atoms with van der Waals surface area (Å²) in [5.41, 5.74) is 3.38. The third-order valence-electron chi connectivity index (χ3n) is 2.43. The second-order valence-electron chi connectivity index (χ2n) is 3.12. The molecular weight excluding hydrogens is 216 g/mol. The summed E-state index contributed by atoms with van der Waals surface area (Å²) >= 11 is 3.46. The molecule has 1 aromatic carbocycles. The van der Waals surface area contributed by atoms with E-state index in [1.165, 1.54) is 11.1 Å². The van der Waals surface area contributed by atoms with Crippen molar-refractivity contribution < 1.29 is 4.79 Å². The van der Waals surface area contributed by atoms with E-state index < -0.39 is 0 Å². The van der Waals surface area contributed by atoms with Gasteiger partial charge in [-0.2, -0.15) is 0 Å². The van der Waals surface area contributed by atoms with Crippen LogP contribution in [0, 0.1) is 6.92 Å². The zero-order chi connectivity index (χ0) is 8.72. The number of hydrogen-bond donors (Lipinski definition) is 0. The van der Waals surface area contributed by atoms with Gasteiger partial charge < -0.3 is 0 Å². The van der Waals surface area contributed by atoms with Gasteiger partial charge in [0.2, 0.25) is 0 Å². The molecule has 1 aliphatic rings. The van der Waals surface area contributed by atoms with Crippen molar-refractivity contribution in [2.75, 3.05) is 0 Å². The molecule has 0 bridgehead atoms. The molecule has 0 heterocycles. The lowest BCUT2D eigenvalue weighted by molar-refractivity contribution is 0.0994. The van der Waals surface area contributed by atoms with Gasteiger partial charge in [0.15, 0.2) is 5.78 Å². The number of carbonyl (C=O) groups excluding carboxylic acids is 1. The Balaban J connectivity index is 2.68. The Morgan fingerprint density at radius 2 is 2.08 bits per heavy atom. The summed E-state index contributed by atoms with van der Waals surface area (Å²) in [6.07, 6.45) is 1.60. The Hall–Kier alpha value is -0.630. The van der Waals surface area contributed by atoms with Crippen molar-refractivity contribution in [3.8, 4) is 0 Å². The second-order valence-corrected chi connectivity index (χ2v) is 3.98. The highest BCUT2D eigenvalue weighted by atomic mass is 79.9. The van der Waals surface area contributed by atoms with Crippen LogP contribution in [0.5, 0.6) is 0 Å². The maximum atomic E-state index is 11.3. The zero-order valence-electron chi connectivity index (χ0n) is 6.86. The number of fused-ring (bicyclic) bond motifs is 1. The molecule has 0 fully saturated rings. The van der Waals surface area contributed by atoms with Crippen LogP contribution in [-0.4, -0.2) is 5.78 Å². The van der Waals surface area contributed by atoms with E-state index in [1.807, 2.05) is 12.1 Å². The number of rotatable bonds is 0. The van der Waals surface area contributed by atoms with Gasteiger partial charge in [-0.25, -0.2) is 0 Å². The van der Waals surface area contributed by atoms with Crippen LogP contribution in [0.1, 0.15) is 27.9 Å². The van der Waals surface area contributed by atoms with Crippen LogP contribution in [0.2, 0.25) is 0 Å². The van der Waals surface area contributed by atoms with Crippen molar-refractivity contribution in [3.05, 3.63) is 33.3 Å². The van der Waals surface area contributed by atoms with E-state index in [9.17, 15) is 4.79 Å². The van der Waals surface area contributed by atoms with E-state index in [-0.39, 0.29) is 0 Å². The minimum Gasteiger partial charge on any atom is -0.294 e. The number of ketones is 1. The third-order valence-corrected chi connectivity index (χ3v) is 3.29. The average Bonchev–Trinajstić information content (AvgIpc) is 2.41. The van der Waals surface area contributed by atoms with Gasteiger partial charge >= 0.3 is 0 Å². The molecule has 0 N–H and O–H groups in total. The van der Waals surface area contributed by atoms with Gasteiger partial charge in [0.05, 0.1) is 0 Å². The highest BCUT2D eigenvalue weighted by Crippen LogP contribution is 2.29. The summed E-state index contributed by atoms with van der Waals surface area (Å²) in [6, 6.07) is 3.87. The molecule has 0 aromatic heterocycles. The van der Waals surface area contributed by atoms with Gasteiger partial charge in [-0.05, 0) is 36.6 Å². The maximum absolute atomic E-state index is 11.3. The largest absolute Gasteiger partial charge is 0.294 e. The molecule has 0 radical (unpaired) electrons. The third kappa shape index (κ3) is 1.02. The minimum atomic E-state index is 0.292. The Morgan fingerprint density at radius 3 is 2.83 bits per heavy atom. The lowest BCUT2D eigenvalue weighted by Crippen LogP contribution is -1.92. The standard InChI is InChI=1S/C10H9BrO/c1-6-7-3-5-10(12)8(7)2-4-9(6)11/h2,4H,3,5H2,1H3. The van der Waals surface area contributed by atoms with Crippen molar-refractivity contribution >= 4 is 21.7 Å². The lowest BCUT2D eigenvalue weighted by atomic mass is 10.0. The maximum Gasteiger partial charge on any atom is 0.163 e. The predicted molar refractivity (Wildman–Crippen MR) is 51.5 cm³/mol. The highest BCUT2D eigenvalue weighted by molar-refractivity contribution is 9.10. The second kappa shape index (κ2) is 2.70. The van der Waals surface area contributed by atoms with Crippen LogP contribution in [-0.2, 0) is 6.42 Å². The number of hydrogen-bond acceptors (Lipinski definition) is 1. The molecule has 1 aliphatic carbocycles. The van der Waals surface area contributed by atoms with Gasteiger partial charge in [-0.3, -0.25) is 4.79 Å². The smallest absolute Gasteiger partial charge is 0.163 e. The normalized spacial score (nSPS) is 15.0. The predicted octanol–water partition coefficient (Wildman–Crippen LogP) is 2.89. The first-order valence-corrected chi connectivity index (χ1v) is 4.80. The summed E-state index contributed by atoms with van der Waals surface area (Å²) < 4.78 is 1.11. The summed E-state index contributed by atoms with van der Waals surface area (Å²) in [6.45, 7) is 2.06. The fourth-order valence-electron chi connectivity index (χ4n) is 1.68. The van der Waals surface area contributed by atoms with E-state index in [0.29, 0.717) is 12.2 Å². The first-order valence-electron chi connectivity index (χ1n) is 4.01. The van der Waals surface area contributed by atoms with Gasteiger partial charge in [0, 0.05) is 16.5 Å². The van der Waals surface area contributed by atoms with Gasteiger partial charge in [-0.15, -0.1) is 0 Å². The average molecular weight is 225 g/mol. The molecule has 12 heavy (non-hydrogen) atoms. The fourth-order valence-corrected chi connectivity index (χ4v) is 2.06. The van der Waals surface area contributed by atoms with Crippen LogP contribution >= 0.6 is 15.9 Å². The molecule has 1 aromatic rings. The molecule has 0 aliphatic heterocycles. The fraction of sp³-hybridized carbons (Fsp3) is 0.300. The Morgan fingerprint density at radius 1 is 1.33 bits per heavy atom. The first-order chi connectivity index (χ1) is 5.70. The van der Waals surface area contributed by atoms with Crippen LogP contribution in [0.4, 0.5) is 0 Å². The van der Waals surface area contributed by atoms with Gasteiger partial charge in [-0.1, -0.05) is 15.9 Å². The summed E-state index contributed by atoms with van der Waals surface area (Å²) in [7, 11) is 0. The van der Waals surface area contributed by atoms with Gasteiger partial charge in [0.25, 0.3) is 0 Å². The lowest BCUT2D eigenvalue weighted by Gasteiger charge is -2.03. The molecule has 62 valence electrons. The number of benzene rings is 1. The molecule has 0 spiro atoms. The van der Waals surface area contributed by atoms with E-state index in [1.54, 1.807) is 0 Å². The van der Waals surface area contributed by atoms with Crippen molar-refractivity contribution in [1.82, 2.24) is 0 Å². The van der Waals surface area contributed by atoms with E-state index >= 15 is 0 Å². The molecule has 1 nitrogen and oxygen atoms in total. The Labute approximate surface area is 79.9 Å². The van der Waals surface area contributed by atoms with Crippen molar-refractivity contribution in [2.24, 2.45) is 0 Å². The summed E-state index contributed by atoms with van der Waals surface area (Å²) in [5.74, 6) is 0.292. The molecule has 2 heteroatoms. The minimum absolute atomic E-state index is 0.292. The monoisotopic (exact) mass is 224 g/mol. The molecule has 0 unspecified atom stereocenters. The number of halogens is 1. The molecule has 0 saturated heterocycles. The molecule has 2 rings (SSSR count). The highest BCUT2D eigenvalue weighted by Gasteiger charge is 2.21. The number of Topliss-reactive ketones (excluding diaryl/α,β-unsaturated/α-hetero) is 1. The first kappa shape index (κ1) is 7.99. The van der Waals surface area contributed by atoms with Crippen molar-refractivity contribution in [2.45, 2.75) is 19.8 Å². The quantitative estimate of drug-likeness (QED) is 0.663. The van der Waals surface area contributed by atoms with Crippen LogP contribution in [0.25, 0.3) is 0 Å². The van der Waals surface area contributed by atoms with Crippen LogP contribution in [0.15, 0.2) is 16.6 Å². The molecular formula is C10H9BrO. The summed E-state index contributed by atoms with van der Waals surface area (Å²) in [4.78, 5) is 11.3. The summed E-state index contributed by atoms with van der Waals surface area (Å²) in [5, 5.41) is 0. The van der Waals surface area contributed by atoms with Gasteiger partial charge in [0.1, 0.15) is 0 Å². The molecule has 0 atom stereocenters.